The molecule has 0 spiro atoms. The third-order valence-electron chi connectivity index (χ3n) is 2.64. The van der Waals surface area contributed by atoms with E-state index in [4.69, 9.17) is 9.47 Å². The van der Waals surface area contributed by atoms with Crippen molar-refractivity contribution in [3.8, 4) is 0 Å². The molecule has 0 aromatic heterocycles. The van der Waals surface area contributed by atoms with E-state index in [-0.39, 0.29) is 37.0 Å². The molecule has 7 heteroatoms. The van der Waals surface area contributed by atoms with Gasteiger partial charge in [0.05, 0.1) is 18.8 Å². The number of carbonyl (C=O) groups is 1. The van der Waals surface area contributed by atoms with Crippen molar-refractivity contribution in [3.63, 3.8) is 0 Å². The van der Waals surface area contributed by atoms with E-state index in [0.717, 1.165) is 13.0 Å². The van der Waals surface area contributed by atoms with Crippen LogP contribution >= 0.6 is 0 Å². The van der Waals surface area contributed by atoms with Crippen molar-refractivity contribution in [3.05, 3.63) is 6.61 Å². The molecule has 3 atom stereocenters. The first kappa shape index (κ1) is 18.4. The third kappa shape index (κ3) is 6.00. The summed E-state index contributed by atoms with van der Waals surface area (Å²) in [7, 11) is 3.38. The van der Waals surface area contributed by atoms with Gasteiger partial charge in [-0.25, -0.2) is 0 Å². The SMILES string of the molecule is CNCCCC(=O)NC1[CH-]OC(COC)C1O.[U]. The summed E-state index contributed by atoms with van der Waals surface area (Å²) in [5.74, 6) is -0.0813. The number of aliphatic hydroxyl groups is 1. The van der Waals surface area contributed by atoms with Gasteiger partial charge in [0.2, 0.25) is 5.91 Å². The van der Waals surface area contributed by atoms with Crippen molar-refractivity contribution in [1.29, 1.82) is 0 Å². The second-order valence-corrected chi connectivity index (χ2v) is 4.06. The van der Waals surface area contributed by atoms with Crippen LogP contribution in [0.3, 0.4) is 0 Å². The number of rotatable bonds is 7. The fourth-order valence-corrected chi connectivity index (χ4v) is 1.68. The van der Waals surface area contributed by atoms with Crippen molar-refractivity contribution in [2.24, 2.45) is 0 Å². The molecule has 1 aliphatic rings. The molecule has 1 amide bonds. The zero-order valence-corrected chi connectivity index (χ0v) is 15.0. The maximum absolute atomic E-state index is 11.5. The predicted molar refractivity (Wildman–Crippen MR) is 62.1 cm³/mol. The van der Waals surface area contributed by atoms with Gasteiger partial charge >= 0.3 is 0 Å². The molecule has 3 unspecified atom stereocenters. The van der Waals surface area contributed by atoms with E-state index in [2.05, 4.69) is 10.6 Å². The summed E-state index contributed by atoms with van der Waals surface area (Å²) in [5, 5.41) is 15.5. The van der Waals surface area contributed by atoms with Crippen LogP contribution in [-0.2, 0) is 14.3 Å². The van der Waals surface area contributed by atoms with Crippen molar-refractivity contribution < 1.29 is 50.5 Å². The summed E-state index contributed by atoms with van der Waals surface area (Å²) in [5.41, 5.74) is 0. The van der Waals surface area contributed by atoms with Gasteiger partial charge in [-0.05, 0) is 26.1 Å². The van der Waals surface area contributed by atoms with Crippen LogP contribution in [0.1, 0.15) is 12.8 Å². The quantitative estimate of drug-likeness (QED) is 0.321. The molecule has 3 N–H and O–H groups in total. The molecule has 18 heavy (non-hydrogen) atoms. The number of aliphatic hydroxyl groups excluding tert-OH is 1. The summed E-state index contributed by atoms with van der Waals surface area (Å²) in [4.78, 5) is 11.5. The van der Waals surface area contributed by atoms with Crippen molar-refractivity contribution >= 4 is 5.91 Å². The fraction of sp³-hybridized carbons (Fsp3) is 0.818. The monoisotopic (exact) mass is 483 g/mol. The van der Waals surface area contributed by atoms with Crippen LogP contribution in [0.25, 0.3) is 0 Å². The largest absolute Gasteiger partial charge is 0.544 e. The van der Waals surface area contributed by atoms with Gasteiger partial charge in [0.1, 0.15) is 0 Å². The third-order valence-corrected chi connectivity index (χ3v) is 2.64. The number of hydrogen-bond acceptors (Lipinski definition) is 5. The normalized spacial score (nSPS) is 26.7. The Balaban J connectivity index is 0.00000289. The van der Waals surface area contributed by atoms with E-state index < -0.39 is 18.2 Å². The maximum Gasteiger partial charge on any atom is 0.218 e. The van der Waals surface area contributed by atoms with Crippen LogP contribution in [0.15, 0.2) is 0 Å². The van der Waals surface area contributed by atoms with E-state index >= 15 is 0 Å². The van der Waals surface area contributed by atoms with Gasteiger partial charge in [-0.1, -0.05) is 0 Å². The Morgan fingerprint density at radius 2 is 2.28 bits per heavy atom. The molecule has 0 saturated carbocycles. The number of carbonyl (C=O) groups excluding carboxylic acids is 1. The van der Waals surface area contributed by atoms with Gasteiger partial charge in [0.25, 0.3) is 0 Å². The first-order valence-electron chi connectivity index (χ1n) is 5.78. The maximum atomic E-state index is 11.5. The Hall–Kier alpha value is 0.362. The van der Waals surface area contributed by atoms with Crippen molar-refractivity contribution in [1.82, 2.24) is 10.6 Å². The Morgan fingerprint density at radius 1 is 1.56 bits per heavy atom. The van der Waals surface area contributed by atoms with E-state index in [0.29, 0.717) is 13.0 Å². The van der Waals surface area contributed by atoms with Crippen LogP contribution in [0.4, 0.5) is 0 Å². The van der Waals surface area contributed by atoms with Crippen LogP contribution < -0.4 is 10.6 Å². The van der Waals surface area contributed by atoms with Crippen LogP contribution in [-0.4, -0.2) is 56.6 Å². The molecule has 0 aromatic rings. The van der Waals surface area contributed by atoms with E-state index in [1.54, 1.807) is 7.11 Å². The summed E-state index contributed by atoms with van der Waals surface area (Å²) in [6, 6.07) is -0.447. The molecule has 0 aliphatic carbocycles. The summed E-state index contributed by atoms with van der Waals surface area (Å²) in [6.07, 6.45) is 0.0613. The Morgan fingerprint density at radius 3 is 2.89 bits per heavy atom. The molecule has 104 valence electrons. The second kappa shape index (κ2) is 10.2. The smallest absolute Gasteiger partial charge is 0.218 e. The fourth-order valence-electron chi connectivity index (χ4n) is 1.68. The topological polar surface area (TPSA) is 79.8 Å². The molecule has 1 heterocycles. The molecule has 0 bridgehead atoms. The molecule has 1 rings (SSSR count). The summed E-state index contributed by atoms with van der Waals surface area (Å²) >= 11 is 0. The van der Waals surface area contributed by atoms with Gasteiger partial charge in [-0.2, -0.15) is 6.61 Å². The van der Waals surface area contributed by atoms with Crippen LogP contribution in [0, 0.1) is 37.7 Å². The molecule has 1 fully saturated rings. The predicted octanol–water partition coefficient (Wildman–Crippen LogP) is -0.961. The molecule has 0 aromatic carbocycles. The average molecular weight is 483 g/mol. The molecule has 0 radical (unpaired) electrons. The molecule has 1 aliphatic heterocycles. The molecular weight excluding hydrogens is 462 g/mol. The zero-order valence-electron chi connectivity index (χ0n) is 10.8. The van der Waals surface area contributed by atoms with Gasteiger partial charge in [0, 0.05) is 44.6 Å². The first-order chi connectivity index (χ1) is 8.19. The van der Waals surface area contributed by atoms with Crippen LogP contribution in [0.5, 0.6) is 0 Å². The number of methoxy groups -OCH3 is 1. The van der Waals surface area contributed by atoms with Gasteiger partial charge in [0.15, 0.2) is 0 Å². The summed E-state index contributed by atoms with van der Waals surface area (Å²) < 4.78 is 10.1. The van der Waals surface area contributed by atoms with Crippen LogP contribution in [0.2, 0.25) is 0 Å². The Kier molecular flexibility index (Phi) is 10.4. The molecular formula is C11H21N2O4U-. The van der Waals surface area contributed by atoms with Crippen molar-refractivity contribution in [2.45, 2.75) is 31.1 Å². The van der Waals surface area contributed by atoms with Crippen molar-refractivity contribution in [2.75, 3.05) is 27.3 Å². The minimum atomic E-state index is -0.747. The minimum Gasteiger partial charge on any atom is -0.544 e. The Bertz CT molecular complexity index is 243. The van der Waals surface area contributed by atoms with Gasteiger partial charge in [-0.15, -0.1) is 0 Å². The van der Waals surface area contributed by atoms with E-state index in [1.165, 1.54) is 6.61 Å². The molecule has 1 saturated heterocycles. The first-order valence-corrected chi connectivity index (χ1v) is 5.78. The second-order valence-electron chi connectivity index (χ2n) is 4.06. The Labute approximate surface area is 132 Å². The van der Waals surface area contributed by atoms with E-state index in [9.17, 15) is 9.90 Å². The average Bonchev–Trinajstić information content (AvgIpc) is 2.63. The number of nitrogens with one attached hydrogen (secondary N) is 2. The number of hydrogen-bond donors (Lipinski definition) is 3. The molecule has 6 nitrogen and oxygen atoms in total. The standard InChI is InChI=1S/C11H21N2O4.U/c1-12-5-3-4-10(14)13-8-6-17-9(7-16-2)11(8)15;/h6,8-9,11-12,15H,3-5,7H2,1-2H3,(H,13,14);/q-1;. The number of amides is 1. The zero-order chi connectivity index (χ0) is 12.7. The number of ether oxygens (including phenoxy) is 2. The van der Waals surface area contributed by atoms with Gasteiger partial charge < -0.3 is 25.2 Å². The summed E-state index contributed by atoms with van der Waals surface area (Å²) in [6.45, 7) is 2.57. The van der Waals surface area contributed by atoms with Gasteiger partial charge in [-0.3, -0.25) is 4.79 Å². The minimum absolute atomic E-state index is 0. The van der Waals surface area contributed by atoms with E-state index in [1.807, 2.05) is 7.05 Å².